The molecule has 0 bridgehead atoms. The van der Waals surface area contributed by atoms with Crippen molar-refractivity contribution in [2.45, 2.75) is 19.0 Å². The van der Waals surface area contributed by atoms with Crippen molar-refractivity contribution in [3.8, 4) is 5.75 Å². The van der Waals surface area contributed by atoms with Crippen LogP contribution < -0.4 is 10.1 Å². The van der Waals surface area contributed by atoms with Crippen LogP contribution >= 0.6 is 24.0 Å². The van der Waals surface area contributed by atoms with Crippen LogP contribution in [-0.4, -0.2) is 57.2 Å². The van der Waals surface area contributed by atoms with Crippen LogP contribution in [0, 0.1) is 5.92 Å². The molecule has 10 heteroatoms. The average molecular weight is 515 g/mol. The molecule has 1 aliphatic heterocycles. The lowest BCUT2D eigenvalue weighted by Gasteiger charge is -2.33. The van der Waals surface area contributed by atoms with E-state index in [1.54, 1.807) is 7.05 Å². The molecule has 0 unspecified atom stereocenters. The van der Waals surface area contributed by atoms with E-state index in [1.807, 2.05) is 0 Å². The molecule has 1 saturated heterocycles. The van der Waals surface area contributed by atoms with Gasteiger partial charge in [-0.05, 0) is 37.1 Å². The molecule has 0 radical (unpaired) electrons. The molecule has 28 heavy (non-hydrogen) atoms. The number of nitrogens with one attached hydrogen (secondary N) is 1. The molecule has 0 amide bonds. The van der Waals surface area contributed by atoms with Crippen LogP contribution in [0.2, 0.25) is 0 Å². The van der Waals surface area contributed by atoms with Crippen molar-refractivity contribution in [2.75, 3.05) is 40.4 Å². The molecular weight excluding hydrogens is 490 g/mol. The van der Waals surface area contributed by atoms with Crippen LogP contribution in [0.25, 0.3) is 0 Å². The summed E-state index contributed by atoms with van der Waals surface area (Å²) in [4.78, 5) is 17.8. The molecule has 0 atom stereocenters. The van der Waals surface area contributed by atoms with Gasteiger partial charge in [-0.25, -0.2) is 0 Å². The number of hydrogen-bond donors (Lipinski definition) is 1. The highest BCUT2D eigenvalue weighted by Crippen LogP contribution is 2.30. The van der Waals surface area contributed by atoms with Gasteiger partial charge in [-0.1, -0.05) is 0 Å². The van der Waals surface area contributed by atoms with Gasteiger partial charge < -0.3 is 19.7 Å². The number of aliphatic imine (C=N–C) groups is 1. The smallest absolute Gasteiger partial charge is 0.416 e. The second-order valence-corrected chi connectivity index (χ2v) is 6.13. The molecule has 1 aromatic carbocycles. The number of alkyl halides is 3. The number of halogens is 4. The molecule has 1 heterocycles. The van der Waals surface area contributed by atoms with Gasteiger partial charge in [0.05, 0.1) is 25.1 Å². The van der Waals surface area contributed by atoms with Crippen molar-refractivity contribution in [3.05, 3.63) is 29.8 Å². The second kappa shape index (κ2) is 11.3. The Kier molecular flexibility index (Phi) is 9.83. The SMILES string of the molecule is CN=C(NCCOc1ccc(C(F)(F)F)cc1)N1CCC(C(=O)OC)CC1.I. The summed E-state index contributed by atoms with van der Waals surface area (Å²) in [6.07, 6.45) is -2.95. The molecule has 1 N–H and O–H groups in total. The number of esters is 1. The molecule has 1 fully saturated rings. The summed E-state index contributed by atoms with van der Waals surface area (Å²) in [5, 5.41) is 3.16. The fourth-order valence-electron chi connectivity index (χ4n) is 2.90. The summed E-state index contributed by atoms with van der Waals surface area (Å²) in [5.74, 6) is 0.822. The number of ether oxygens (including phenoxy) is 2. The highest BCUT2D eigenvalue weighted by Gasteiger charge is 2.30. The Morgan fingerprint density at radius 1 is 1.25 bits per heavy atom. The Morgan fingerprint density at radius 2 is 1.86 bits per heavy atom. The minimum Gasteiger partial charge on any atom is -0.492 e. The Balaban J connectivity index is 0.00000392. The minimum atomic E-state index is -4.35. The summed E-state index contributed by atoms with van der Waals surface area (Å²) in [5.41, 5.74) is -0.705. The second-order valence-electron chi connectivity index (χ2n) is 6.13. The maximum Gasteiger partial charge on any atom is 0.416 e. The van der Waals surface area contributed by atoms with Crippen molar-refractivity contribution in [3.63, 3.8) is 0 Å². The third-order valence-electron chi connectivity index (χ3n) is 4.38. The lowest BCUT2D eigenvalue weighted by atomic mass is 9.97. The molecule has 1 aliphatic rings. The van der Waals surface area contributed by atoms with Crippen molar-refractivity contribution in [2.24, 2.45) is 10.9 Å². The van der Waals surface area contributed by atoms with E-state index < -0.39 is 11.7 Å². The topological polar surface area (TPSA) is 63.2 Å². The van der Waals surface area contributed by atoms with Crippen LogP contribution in [0.3, 0.4) is 0 Å². The average Bonchev–Trinajstić information content (AvgIpc) is 2.67. The van der Waals surface area contributed by atoms with Crippen molar-refractivity contribution < 1.29 is 27.4 Å². The molecular formula is C18H25F3IN3O3. The number of piperidine rings is 1. The van der Waals surface area contributed by atoms with E-state index in [1.165, 1.54) is 19.2 Å². The summed E-state index contributed by atoms with van der Waals surface area (Å²) in [6.45, 7) is 2.12. The molecule has 2 rings (SSSR count). The number of carbonyl (C=O) groups is 1. The predicted octanol–water partition coefficient (Wildman–Crippen LogP) is 3.16. The van der Waals surface area contributed by atoms with Gasteiger partial charge in [-0.2, -0.15) is 13.2 Å². The maximum atomic E-state index is 12.5. The largest absolute Gasteiger partial charge is 0.492 e. The first-order chi connectivity index (χ1) is 12.8. The monoisotopic (exact) mass is 515 g/mol. The summed E-state index contributed by atoms with van der Waals surface area (Å²) < 4.78 is 47.8. The molecule has 0 spiro atoms. The van der Waals surface area contributed by atoms with E-state index >= 15 is 0 Å². The van der Waals surface area contributed by atoms with Gasteiger partial charge in [0.15, 0.2) is 5.96 Å². The molecule has 0 aromatic heterocycles. The number of benzene rings is 1. The van der Waals surface area contributed by atoms with E-state index in [4.69, 9.17) is 9.47 Å². The van der Waals surface area contributed by atoms with E-state index in [9.17, 15) is 18.0 Å². The van der Waals surface area contributed by atoms with Crippen molar-refractivity contribution >= 4 is 35.9 Å². The van der Waals surface area contributed by atoms with Gasteiger partial charge in [0, 0.05) is 20.1 Å². The molecule has 0 saturated carbocycles. The van der Waals surface area contributed by atoms with E-state index in [-0.39, 0.29) is 42.5 Å². The number of rotatable bonds is 5. The van der Waals surface area contributed by atoms with Gasteiger partial charge in [0.1, 0.15) is 12.4 Å². The lowest BCUT2D eigenvalue weighted by molar-refractivity contribution is -0.146. The number of nitrogens with zero attached hydrogens (tertiary/aromatic N) is 2. The van der Waals surface area contributed by atoms with Crippen LogP contribution in [0.5, 0.6) is 5.75 Å². The Bertz CT molecular complexity index is 646. The number of methoxy groups -OCH3 is 1. The number of carbonyl (C=O) groups excluding carboxylic acids is 1. The normalized spacial score (nSPS) is 15.6. The first-order valence-electron chi connectivity index (χ1n) is 8.68. The van der Waals surface area contributed by atoms with Gasteiger partial charge in [0.2, 0.25) is 0 Å². The summed E-state index contributed by atoms with van der Waals surface area (Å²) >= 11 is 0. The standard InChI is InChI=1S/C18H24F3N3O3.HI/c1-22-17(24-10-7-13(8-11-24)16(25)26-2)23-9-12-27-15-5-3-14(4-6-15)18(19,20)21;/h3-6,13H,7-12H2,1-2H3,(H,22,23);1H. The first-order valence-corrected chi connectivity index (χ1v) is 8.68. The zero-order valence-electron chi connectivity index (χ0n) is 15.8. The van der Waals surface area contributed by atoms with E-state index in [0.717, 1.165) is 12.1 Å². The molecule has 1 aromatic rings. The number of likely N-dealkylation sites (tertiary alicyclic amines) is 1. The summed E-state index contributed by atoms with van der Waals surface area (Å²) in [7, 11) is 3.07. The first kappa shape index (κ1) is 24.3. The van der Waals surface area contributed by atoms with Gasteiger partial charge in [0.25, 0.3) is 0 Å². The Morgan fingerprint density at radius 3 is 2.36 bits per heavy atom. The van der Waals surface area contributed by atoms with Gasteiger partial charge >= 0.3 is 12.1 Å². The summed E-state index contributed by atoms with van der Waals surface area (Å²) in [6, 6.07) is 4.59. The van der Waals surface area contributed by atoms with Crippen LogP contribution in [0.15, 0.2) is 29.3 Å². The van der Waals surface area contributed by atoms with Gasteiger partial charge in [-0.15, -0.1) is 24.0 Å². The van der Waals surface area contributed by atoms with E-state index in [2.05, 4.69) is 15.2 Å². The van der Waals surface area contributed by atoms with Crippen molar-refractivity contribution in [1.29, 1.82) is 0 Å². The lowest BCUT2D eigenvalue weighted by Crippen LogP contribution is -2.47. The zero-order valence-corrected chi connectivity index (χ0v) is 18.1. The predicted molar refractivity (Wildman–Crippen MR) is 110 cm³/mol. The molecule has 0 aliphatic carbocycles. The Labute approximate surface area is 179 Å². The fraction of sp³-hybridized carbons (Fsp3) is 0.556. The quantitative estimate of drug-likeness (QED) is 0.215. The highest BCUT2D eigenvalue weighted by molar-refractivity contribution is 14.0. The fourth-order valence-corrected chi connectivity index (χ4v) is 2.90. The molecule has 6 nitrogen and oxygen atoms in total. The number of guanidine groups is 1. The van der Waals surface area contributed by atoms with Gasteiger partial charge in [-0.3, -0.25) is 9.79 Å². The minimum absolute atomic E-state index is 0. The van der Waals surface area contributed by atoms with Crippen LogP contribution in [0.4, 0.5) is 13.2 Å². The third kappa shape index (κ3) is 7.02. The van der Waals surface area contributed by atoms with E-state index in [0.29, 0.717) is 44.2 Å². The molecule has 158 valence electrons. The van der Waals surface area contributed by atoms with Crippen LogP contribution in [0.1, 0.15) is 18.4 Å². The van der Waals surface area contributed by atoms with Crippen LogP contribution in [-0.2, 0) is 15.7 Å². The maximum absolute atomic E-state index is 12.5. The number of hydrogen-bond acceptors (Lipinski definition) is 4. The van der Waals surface area contributed by atoms with Crippen molar-refractivity contribution in [1.82, 2.24) is 10.2 Å². The third-order valence-corrected chi connectivity index (χ3v) is 4.38. The zero-order chi connectivity index (χ0) is 19.9. The Hall–Kier alpha value is -1.72. The highest BCUT2D eigenvalue weighted by atomic mass is 127.